The fourth-order valence-electron chi connectivity index (χ4n) is 3.10. The smallest absolute Gasteiger partial charge is 0.334 e. The fourth-order valence-corrected chi connectivity index (χ4v) is 3.10. The Labute approximate surface area is 138 Å². The maximum atomic E-state index is 14.4. The number of halogens is 2. The normalized spacial score (nSPS) is 15.6. The second-order valence-corrected chi connectivity index (χ2v) is 5.62. The minimum Gasteiger partial charge on any atom is -0.466 e. The van der Waals surface area contributed by atoms with Crippen molar-refractivity contribution in [3.05, 3.63) is 57.7 Å². The van der Waals surface area contributed by atoms with Gasteiger partial charge in [-0.1, -0.05) is 17.2 Å². The lowest BCUT2D eigenvalue weighted by Crippen LogP contribution is -2.27. The maximum absolute atomic E-state index is 14.4. The first-order chi connectivity index (χ1) is 11.3. The molecule has 0 radical (unpaired) electrons. The molecule has 0 aliphatic heterocycles. The Hall–Kier alpha value is -2.50. The Bertz CT molecular complexity index is 704. The molecule has 0 saturated carbocycles. The number of allylic oxidation sites excluding steroid dienone is 2. The average Bonchev–Trinajstić information content (AvgIpc) is 2.53. The van der Waals surface area contributed by atoms with Gasteiger partial charge in [0, 0.05) is 16.7 Å². The highest BCUT2D eigenvalue weighted by Crippen LogP contribution is 2.44. The van der Waals surface area contributed by atoms with Crippen molar-refractivity contribution in [1.82, 2.24) is 0 Å². The van der Waals surface area contributed by atoms with Gasteiger partial charge in [0.15, 0.2) is 0 Å². The number of hydrogen-bond acceptors (Lipinski definition) is 4. The van der Waals surface area contributed by atoms with Crippen LogP contribution in [0.4, 0.5) is 8.78 Å². The number of carbonyl (C=O) groups is 2. The monoisotopic (exact) mass is 336 g/mol. The summed E-state index contributed by atoms with van der Waals surface area (Å²) in [5.41, 5.74) is 0.955. The zero-order chi connectivity index (χ0) is 18.0. The average molecular weight is 336 g/mol. The Morgan fingerprint density at radius 2 is 1.38 bits per heavy atom. The van der Waals surface area contributed by atoms with Crippen LogP contribution in [0.5, 0.6) is 0 Å². The van der Waals surface area contributed by atoms with Gasteiger partial charge in [-0.3, -0.25) is 0 Å². The zero-order valence-corrected chi connectivity index (χ0v) is 13.9. The first-order valence-electron chi connectivity index (χ1n) is 7.33. The summed E-state index contributed by atoms with van der Waals surface area (Å²) in [7, 11) is 2.36. The van der Waals surface area contributed by atoms with E-state index in [-0.39, 0.29) is 16.7 Å². The van der Waals surface area contributed by atoms with E-state index in [9.17, 15) is 18.4 Å². The van der Waals surface area contributed by atoms with Gasteiger partial charge in [0.1, 0.15) is 11.6 Å². The van der Waals surface area contributed by atoms with Gasteiger partial charge in [-0.05, 0) is 32.4 Å². The summed E-state index contributed by atoms with van der Waals surface area (Å²) in [4.78, 5) is 24.5. The molecule has 4 nitrogen and oxygen atoms in total. The Morgan fingerprint density at radius 3 is 1.75 bits per heavy atom. The Balaban J connectivity index is 2.80. The van der Waals surface area contributed by atoms with Crippen LogP contribution in [-0.2, 0) is 19.1 Å². The van der Waals surface area contributed by atoms with Gasteiger partial charge in [0.05, 0.1) is 20.1 Å². The van der Waals surface area contributed by atoms with Crippen LogP contribution in [0.15, 0.2) is 40.5 Å². The van der Waals surface area contributed by atoms with Crippen molar-refractivity contribution in [1.29, 1.82) is 0 Å². The van der Waals surface area contributed by atoms with E-state index in [1.807, 2.05) is 0 Å². The number of methoxy groups -OCH3 is 2. The van der Waals surface area contributed by atoms with E-state index < -0.39 is 29.5 Å². The van der Waals surface area contributed by atoms with Crippen molar-refractivity contribution in [2.24, 2.45) is 0 Å². The summed E-state index contributed by atoms with van der Waals surface area (Å²) < 4.78 is 38.3. The first kappa shape index (κ1) is 17.8. The molecule has 2 rings (SSSR count). The predicted molar refractivity (Wildman–Crippen MR) is 83.1 cm³/mol. The van der Waals surface area contributed by atoms with E-state index >= 15 is 0 Å². The van der Waals surface area contributed by atoms with Gasteiger partial charge < -0.3 is 9.47 Å². The summed E-state index contributed by atoms with van der Waals surface area (Å²) in [5, 5.41) is 0. The van der Waals surface area contributed by atoms with Crippen LogP contribution in [0, 0.1) is 11.6 Å². The quantitative estimate of drug-likeness (QED) is 0.794. The molecule has 0 aromatic heterocycles. The zero-order valence-electron chi connectivity index (χ0n) is 13.9. The molecule has 0 spiro atoms. The maximum Gasteiger partial charge on any atom is 0.334 e. The second kappa shape index (κ2) is 6.95. The lowest BCUT2D eigenvalue weighted by Gasteiger charge is -2.29. The SMILES string of the molecule is COC(=O)C1=C(C)CC(C)=C(C(=O)OC)C1c1c(F)cccc1F. The molecule has 0 N–H and O–H groups in total. The molecule has 0 bridgehead atoms. The summed E-state index contributed by atoms with van der Waals surface area (Å²) >= 11 is 0. The molecule has 0 saturated heterocycles. The molecule has 128 valence electrons. The molecule has 1 aliphatic carbocycles. The number of hydrogen-bond donors (Lipinski definition) is 0. The van der Waals surface area contributed by atoms with Crippen LogP contribution in [0.1, 0.15) is 31.7 Å². The van der Waals surface area contributed by atoms with E-state index in [1.165, 1.54) is 20.3 Å². The standard InChI is InChI=1S/C18H18F2O4/c1-9-8-10(2)14(18(22)24-4)16(13(9)17(21)23-3)15-11(19)6-5-7-12(15)20/h5-7,16H,8H2,1-4H3. The lowest BCUT2D eigenvalue weighted by atomic mass is 9.74. The van der Waals surface area contributed by atoms with Crippen molar-refractivity contribution in [3.8, 4) is 0 Å². The predicted octanol–water partition coefficient (Wildman–Crippen LogP) is 3.43. The Kier molecular flexibility index (Phi) is 5.17. The summed E-state index contributed by atoms with van der Waals surface area (Å²) in [6, 6.07) is 3.39. The van der Waals surface area contributed by atoms with E-state index in [1.54, 1.807) is 13.8 Å². The van der Waals surface area contributed by atoms with Crippen LogP contribution in [-0.4, -0.2) is 26.2 Å². The molecular weight excluding hydrogens is 318 g/mol. The number of esters is 2. The van der Waals surface area contributed by atoms with Gasteiger partial charge in [-0.2, -0.15) is 0 Å². The second-order valence-electron chi connectivity index (χ2n) is 5.62. The van der Waals surface area contributed by atoms with Crippen molar-refractivity contribution >= 4 is 11.9 Å². The Morgan fingerprint density at radius 1 is 0.958 bits per heavy atom. The third-order valence-electron chi connectivity index (χ3n) is 4.13. The summed E-state index contributed by atoms with van der Waals surface area (Å²) in [5.74, 6) is -4.35. The first-order valence-corrected chi connectivity index (χ1v) is 7.33. The van der Waals surface area contributed by atoms with Crippen molar-refractivity contribution in [2.75, 3.05) is 14.2 Å². The van der Waals surface area contributed by atoms with Crippen LogP contribution in [0.2, 0.25) is 0 Å². The van der Waals surface area contributed by atoms with Gasteiger partial charge in [0.25, 0.3) is 0 Å². The largest absolute Gasteiger partial charge is 0.466 e. The number of ether oxygens (including phenoxy) is 2. The molecule has 6 heteroatoms. The van der Waals surface area contributed by atoms with E-state index in [4.69, 9.17) is 9.47 Å². The minimum atomic E-state index is -1.21. The highest BCUT2D eigenvalue weighted by molar-refractivity contribution is 6.00. The molecule has 0 heterocycles. The third kappa shape index (κ3) is 2.96. The number of rotatable bonds is 3. The molecule has 0 fully saturated rings. The number of carbonyl (C=O) groups excluding carboxylic acids is 2. The summed E-state index contributed by atoms with van der Waals surface area (Å²) in [6.07, 6.45) is 0.321. The molecule has 24 heavy (non-hydrogen) atoms. The van der Waals surface area contributed by atoms with Crippen molar-refractivity contribution in [2.45, 2.75) is 26.2 Å². The van der Waals surface area contributed by atoms with Crippen molar-refractivity contribution in [3.63, 3.8) is 0 Å². The molecule has 0 unspecified atom stereocenters. The molecule has 1 aromatic rings. The van der Waals surface area contributed by atoms with E-state index in [0.717, 1.165) is 12.1 Å². The van der Waals surface area contributed by atoms with Gasteiger partial charge in [0.2, 0.25) is 0 Å². The summed E-state index contributed by atoms with van der Waals surface area (Å²) in [6.45, 7) is 3.35. The van der Waals surface area contributed by atoms with E-state index in [0.29, 0.717) is 17.6 Å². The van der Waals surface area contributed by atoms with Crippen LogP contribution >= 0.6 is 0 Å². The molecule has 1 aromatic carbocycles. The lowest BCUT2D eigenvalue weighted by molar-refractivity contribution is -0.137. The molecular formula is C18H18F2O4. The van der Waals surface area contributed by atoms with Gasteiger partial charge >= 0.3 is 11.9 Å². The van der Waals surface area contributed by atoms with Gasteiger partial charge in [-0.25, -0.2) is 18.4 Å². The molecule has 0 amide bonds. The van der Waals surface area contributed by atoms with E-state index in [2.05, 4.69) is 0 Å². The highest BCUT2D eigenvalue weighted by atomic mass is 19.1. The van der Waals surface area contributed by atoms with Crippen molar-refractivity contribution < 1.29 is 27.8 Å². The van der Waals surface area contributed by atoms with Crippen LogP contribution in [0.3, 0.4) is 0 Å². The molecule has 0 atom stereocenters. The third-order valence-corrected chi connectivity index (χ3v) is 4.13. The fraction of sp³-hybridized carbons (Fsp3) is 0.333. The minimum absolute atomic E-state index is 0.0625. The number of benzene rings is 1. The van der Waals surface area contributed by atoms with Crippen LogP contribution in [0.25, 0.3) is 0 Å². The van der Waals surface area contributed by atoms with Gasteiger partial charge in [-0.15, -0.1) is 0 Å². The topological polar surface area (TPSA) is 52.6 Å². The highest BCUT2D eigenvalue weighted by Gasteiger charge is 2.39. The van der Waals surface area contributed by atoms with Crippen LogP contribution < -0.4 is 0 Å². The molecule has 1 aliphatic rings.